The van der Waals surface area contributed by atoms with Crippen LogP contribution in [0.25, 0.3) is 11.4 Å². The molecule has 150 valence electrons. The van der Waals surface area contributed by atoms with Crippen LogP contribution in [0.4, 0.5) is 4.79 Å². The Kier molecular flexibility index (Phi) is 6.53. The molecule has 1 saturated heterocycles. The Hall–Kier alpha value is -2.59. The Morgan fingerprint density at radius 3 is 2.75 bits per heavy atom. The van der Waals surface area contributed by atoms with Gasteiger partial charge in [0.1, 0.15) is 5.75 Å². The Morgan fingerprint density at radius 1 is 1.39 bits per heavy atom. The number of nitrogens with one attached hydrogen (secondary N) is 1. The summed E-state index contributed by atoms with van der Waals surface area (Å²) >= 11 is 1.22. The van der Waals surface area contributed by atoms with Crippen molar-refractivity contribution in [3.63, 3.8) is 0 Å². The van der Waals surface area contributed by atoms with Gasteiger partial charge in [-0.3, -0.25) is 14.7 Å². The predicted octanol–water partition coefficient (Wildman–Crippen LogP) is 1.81. The number of nitrogens with zero attached hydrogens (tertiary/aromatic N) is 3. The number of methoxy groups -OCH3 is 1. The second-order valence-electron chi connectivity index (χ2n) is 6.39. The van der Waals surface area contributed by atoms with Gasteiger partial charge in [0.15, 0.2) is 11.0 Å². The van der Waals surface area contributed by atoms with Crippen molar-refractivity contribution >= 4 is 23.7 Å². The van der Waals surface area contributed by atoms with E-state index in [9.17, 15) is 9.59 Å². The van der Waals surface area contributed by atoms with Crippen molar-refractivity contribution < 1.29 is 19.1 Å². The predicted molar refractivity (Wildman–Crippen MR) is 104 cm³/mol. The van der Waals surface area contributed by atoms with Crippen LogP contribution < -0.4 is 15.8 Å². The molecule has 3 rings (SSSR count). The fourth-order valence-electron chi connectivity index (χ4n) is 2.92. The number of ether oxygens (including phenoxy) is 2. The molecule has 0 radical (unpaired) electrons. The topological polar surface area (TPSA) is 121 Å². The second kappa shape index (κ2) is 9.07. The van der Waals surface area contributed by atoms with Gasteiger partial charge in [0.05, 0.1) is 25.0 Å². The molecule has 0 spiro atoms. The first-order valence-electron chi connectivity index (χ1n) is 8.94. The number of carbonyl (C=O) groups excluding carboxylic acids is 2. The van der Waals surface area contributed by atoms with Crippen molar-refractivity contribution in [2.24, 2.45) is 5.73 Å². The molecule has 2 aromatic rings. The lowest BCUT2D eigenvalue weighted by atomic mass is 10.2. The number of benzene rings is 1. The van der Waals surface area contributed by atoms with Gasteiger partial charge in [-0.25, -0.2) is 4.79 Å². The van der Waals surface area contributed by atoms with Gasteiger partial charge >= 0.3 is 6.03 Å². The Balaban J connectivity index is 1.87. The van der Waals surface area contributed by atoms with Crippen LogP contribution in [0.5, 0.6) is 5.75 Å². The molecule has 3 amide bonds. The molecule has 1 aromatic carbocycles. The maximum atomic E-state index is 12.0. The standard InChI is InChI=1S/C18H23N5O4S/c1-11(16(24)20-17(19)25)28-18-22-21-15(12-5-7-13(26-2)8-6-12)23(18)10-14-4-3-9-27-14/h5-8,11,14H,3-4,9-10H2,1-2H3,(H3,19,20,24,25)/t11-,14+/m1/s1. The summed E-state index contributed by atoms with van der Waals surface area (Å²) in [6.07, 6.45) is 2.05. The minimum absolute atomic E-state index is 0.0714. The molecule has 0 unspecified atom stereocenters. The average Bonchev–Trinajstić information content (AvgIpc) is 3.32. The van der Waals surface area contributed by atoms with Crippen molar-refractivity contribution in [2.75, 3.05) is 13.7 Å². The van der Waals surface area contributed by atoms with Crippen LogP contribution in [-0.2, 0) is 16.1 Å². The van der Waals surface area contributed by atoms with E-state index in [4.69, 9.17) is 15.2 Å². The molecule has 2 atom stereocenters. The summed E-state index contributed by atoms with van der Waals surface area (Å²) in [5, 5.41) is 10.7. The summed E-state index contributed by atoms with van der Waals surface area (Å²) in [6.45, 7) is 3.01. The number of primary amides is 1. The Labute approximate surface area is 167 Å². The highest BCUT2D eigenvalue weighted by Gasteiger charge is 2.25. The number of imide groups is 1. The Morgan fingerprint density at radius 2 is 2.14 bits per heavy atom. The summed E-state index contributed by atoms with van der Waals surface area (Å²) < 4.78 is 12.9. The fourth-order valence-corrected chi connectivity index (χ4v) is 3.78. The summed E-state index contributed by atoms with van der Waals surface area (Å²) in [5.41, 5.74) is 5.91. The van der Waals surface area contributed by atoms with Crippen LogP contribution in [0.2, 0.25) is 0 Å². The van der Waals surface area contributed by atoms with Crippen molar-refractivity contribution in [1.82, 2.24) is 20.1 Å². The van der Waals surface area contributed by atoms with E-state index in [1.807, 2.05) is 28.8 Å². The van der Waals surface area contributed by atoms with Gasteiger partial charge in [-0.2, -0.15) is 0 Å². The first-order valence-corrected chi connectivity index (χ1v) is 9.82. The Bertz CT molecular complexity index is 833. The maximum absolute atomic E-state index is 12.0. The quantitative estimate of drug-likeness (QED) is 0.674. The molecule has 0 aliphatic carbocycles. The van der Waals surface area contributed by atoms with Gasteiger partial charge in [0, 0.05) is 12.2 Å². The van der Waals surface area contributed by atoms with E-state index in [2.05, 4.69) is 15.5 Å². The zero-order valence-corrected chi connectivity index (χ0v) is 16.6. The zero-order chi connectivity index (χ0) is 20.1. The number of urea groups is 1. The molecule has 0 bridgehead atoms. The fraction of sp³-hybridized carbons (Fsp3) is 0.444. The third-order valence-corrected chi connectivity index (χ3v) is 5.45. The molecule has 2 heterocycles. The molecule has 10 heteroatoms. The molecular formula is C18H23N5O4S. The van der Waals surface area contributed by atoms with Gasteiger partial charge < -0.3 is 15.2 Å². The van der Waals surface area contributed by atoms with E-state index in [-0.39, 0.29) is 6.10 Å². The van der Waals surface area contributed by atoms with E-state index in [1.165, 1.54) is 11.8 Å². The molecule has 3 N–H and O–H groups in total. The molecular weight excluding hydrogens is 382 g/mol. The van der Waals surface area contributed by atoms with Gasteiger partial charge in [-0.05, 0) is 44.0 Å². The van der Waals surface area contributed by atoms with Crippen LogP contribution in [0.3, 0.4) is 0 Å². The maximum Gasteiger partial charge on any atom is 0.318 e. The monoisotopic (exact) mass is 405 g/mol. The number of hydrogen-bond donors (Lipinski definition) is 2. The van der Waals surface area contributed by atoms with E-state index in [0.717, 1.165) is 30.8 Å². The summed E-state index contributed by atoms with van der Waals surface area (Å²) in [7, 11) is 1.61. The molecule has 1 aliphatic heterocycles. The zero-order valence-electron chi connectivity index (χ0n) is 15.8. The van der Waals surface area contributed by atoms with Crippen molar-refractivity contribution in [1.29, 1.82) is 0 Å². The SMILES string of the molecule is COc1ccc(-c2nnc(S[C@H](C)C(=O)NC(N)=O)n2C[C@@H]2CCCO2)cc1. The normalized spacial score (nSPS) is 17.3. The van der Waals surface area contributed by atoms with E-state index >= 15 is 0 Å². The molecule has 1 fully saturated rings. The average molecular weight is 405 g/mol. The highest BCUT2D eigenvalue weighted by atomic mass is 32.2. The van der Waals surface area contributed by atoms with Crippen LogP contribution >= 0.6 is 11.8 Å². The summed E-state index contributed by atoms with van der Waals surface area (Å²) in [4.78, 5) is 23.0. The number of thioether (sulfide) groups is 1. The number of hydrogen-bond acceptors (Lipinski definition) is 7. The van der Waals surface area contributed by atoms with Crippen molar-refractivity contribution in [3.05, 3.63) is 24.3 Å². The third kappa shape index (κ3) is 4.82. The number of carbonyl (C=O) groups is 2. The first kappa shape index (κ1) is 20.2. The number of amides is 3. The van der Waals surface area contributed by atoms with Gasteiger partial charge in [-0.15, -0.1) is 10.2 Å². The highest BCUT2D eigenvalue weighted by molar-refractivity contribution is 8.00. The lowest BCUT2D eigenvalue weighted by Gasteiger charge is -2.16. The molecule has 9 nitrogen and oxygen atoms in total. The van der Waals surface area contributed by atoms with Crippen LogP contribution in [0, 0.1) is 0 Å². The van der Waals surface area contributed by atoms with Crippen molar-refractivity contribution in [2.45, 2.75) is 42.8 Å². The highest BCUT2D eigenvalue weighted by Crippen LogP contribution is 2.29. The lowest BCUT2D eigenvalue weighted by molar-refractivity contribution is -0.119. The third-order valence-electron chi connectivity index (χ3n) is 4.37. The minimum atomic E-state index is -0.878. The van der Waals surface area contributed by atoms with Crippen molar-refractivity contribution in [3.8, 4) is 17.1 Å². The molecule has 1 aromatic heterocycles. The minimum Gasteiger partial charge on any atom is -0.497 e. The van der Waals surface area contributed by atoms with E-state index in [1.54, 1.807) is 14.0 Å². The largest absolute Gasteiger partial charge is 0.497 e. The van der Waals surface area contributed by atoms with E-state index < -0.39 is 17.2 Å². The van der Waals surface area contributed by atoms with Crippen LogP contribution in [0.15, 0.2) is 29.4 Å². The first-order chi connectivity index (χ1) is 13.5. The summed E-state index contributed by atoms with van der Waals surface area (Å²) in [5.74, 6) is 0.957. The van der Waals surface area contributed by atoms with E-state index in [0.29, 0.717) is 17.5 Å². The summed E-state index contributed by atoms with van der Waals surface area (Å²) in [6, 6.07) is 6.66. The lowest BCUT2D eigenvalue weighted by Crippen LogP contribution is -2.39. The van der Waals surface area contributed by atoms with Crippen LogP contribution in [-0.4, -0.2) is 51.8 Å². The smallest absolute Gasteiger partial charge is 0.318 e. The number of nitrogens with two attached hydrogens (primary N) is 1. The molecule has 0 saturated carbocycles. The van der Waals surface area contributed by atoms with Gasteiger partial charge in [0.2, 0.25) is 5.91 Å². The number of aromatic nitrogens is 3. The van der Waals surface area contributed by atoms with Gasteiger partial charge in [0.25, 0.3) is 0 Å². The van der Waals surface area contributed by atoms with Gasteiger partial charge in [-0.1, -0.05) is 11.8 Å². The van der Waals surface area contributed by atoms with Crippen LogP contribution in [0.1, 0.15) is 19.8 Å². The number of rotatable bonds is 7. The molecule has 28 heavy (non-hydrogen) atoms. The second-order valence-corrected chi connectivity index (χ2v) is 7.70. The molecule has 1 aliphatic rings.